The van der Waals surface area contributed by atoms with Crippen molar-refractivity contribution < 1.29 is 14.3 Å². The minimum absolute atomic E-state index is 0.0990. The summed E-state index contributed by atoms with van der Waals surface area (Å²) in [6, 6.07) is 0. The summed E-state index contributed by atoms with van der Waals surface area (Å²) < 4.78 is 11.1. The fourth-order valence-electron chi connectivity index (χ4n) is 2.44. The fraction of sp³-hybridized carbons (Fsp3) is 0.727. The van der Waals surface area contributed by atoms with Gasteiger partial charge in [0.15, 0.2) is 6.29 Å². The summed E-state index contributed by atoms with van der Waals surface area (Å²) in [6.07, 6.45) is 2.80. The van der Waals surface area contributed by atoms with Crippen molar-refractivity contribution in [3.8, 4) is 0 Å². The van der Waals surface area contributed by atoms with Crippen LogP contribution in [-0.2, 0) is 14.3 Å². The minimum atomic E-state index is -0.0990. The Balaban J connectivity index is 2.05. The first kappa shape index (κ1) is 9.87. The van der Waals surface area contributed by atoms with Gasteiger partial charge in [-0.25, -0.2) is 0 Å². The van der Waals surface area contributed by atoms with Crippen LogP contribution in [-0.4, -0.2) is 25.3 Å². The molecule has 2 aliphatic rings. The van der Waals surface area contributed by atoms with E-state index >= 15 is 0 Å². The van der Waals surface area contributed by atoms with Crippen LogP contribution in [0.2, 0.25) is 0 Å². The zero-order valence-electron chi connectivity index (χ0n) is 8.66. The molecule has 3 heteroatoms. The number of rotatable bonds is 3. The molecule has 14 heavy (non-hydrogen) atoms. The highest BCUT2D eigenvalue weighted by molar-refractivity contribution is 5.76. The normalized spacial score (nSPS) is 36.3. The van der Waals surface area contributed by atoms with Gasteiger partial charge in [0.2, 0.25) is 0 Å². The van der Waals surface area contributed by atoms with Gasteiger partial charge < -0.3 is 9.47 Å². The Morgan fingerprint density at radius 2 is 2.43 bits per heavy atom. The van der Waals surface area contributed by atoms with Crippen molar-refractivity contribution in [1.29, 1.82) is 0 Å². The Morgan fingerprint density at radius 1 is 1.64 bits per heavy atom. The SMILES string of the molecule is CCO[C@@H]1C[C@@H]2C(C=O)=C(C)C[C@@H]2O1. The van der Waals surface area contributed by atoms with E-state index in [2.05, 4.69) is 0 Å². The molecular weight excluding hydrogens is 180 g/mol. The molecule has 1 fully saturated rings. The number of carbonyl (C=O) groups is 1. The monoisotopic (exact) mass is 196 g/mol. The first-order chi connectivity index (χ1) is 6.76. The zero-order chi connectivity index (χ0) is 10.1. The highest BCUT2D eigenvalue weighted by atomic mass is 16.7. The number of hydrogen-bond donors (Lipinski definition) is 0. The average Bonchev–Trinajstić information content (AvgIpc) is 2.61. The number of fused-ring (bicyclic) bond motifs is 1. The second-order valence-corrected chi connectivity index (χ2v) is 3.96. The van der Waals surface area contributed by atoms with E-state index in [1.807, 2.05) is 13.8 Å². The minimum Gasteiger partial charge on any atom is -0.353 e. The molecule has 0 radical (unpaired) electrons. The Morgan fingerprint density at radius 3 is 3.07 bits per heavy atom. The molecule has 0 bridgehead atoms. The van der Waals surface area contributed by atoms with Gasteiger partial charge >= 0.3 is 0 Å². The van der Waals surface area contributed by atoms with Crippen molar-refractivity contribution in [2.45, 2.75) is 39.1 Å². The lowest BCUT2D eigenvalue weighted by Crippen LogP contribution is -2.14. The highest BCUT2D eigenvalue weighted by Gasteiger charge is 2.42. The standard InChI is InChI=1S/C11H16O3/c1-3-13-11-5-8-9(6-12)7(2)4-10(8)14-11/h6,8,10-11H,3-5H2,1-2H3/t8-,10+,11+/m1/s1. The summed E-state index contributed by atoms with van der Waals surface area (Å²) >= 11 is 0. The predicted octanol–water partition coefficient (Wildman–Crippen LogP) is 1.67. The van der Waals surface area contributed by atoms with Gasteiger partial charge in [0.25, 0.3) is 0 Å². The molecule has 1 aliphatic carbocycles. The third-order valence-electron chi connectivity index (χ3n) is 3.10. The lowest BCUT2D eigenvalue weighted by atomic mass is 9.98. The molecule has 0 aromatic carbocycles. The Bertz CT molecular complexity index is 270. The third kappa shape index (κ3) is 1.51. The Labute approximate surface area is 84.1 Å². The average molecular weight is 196 g/mol. The summed E-state index contributed by atoms with van der Waals surface area (Å²) in [7, 11) is 0. The van der Waals surface area contributed by atoms with Crippen LogP contribution in [0.5, 0.6) is 0 Å². The van der Waals surface area contributed by atoms with Crippen molar-refractivity contribution in [1.82, 2.24) is 0 Å². The van der Waals surface area contributed by atoms with Crippen LogP contribution in [0.1, 0.15) is 26.7 Å². The molecule has 3 nitrogen and oxygen atoms in total. The summed E-state index contributed by atoms with van der Waals surface area (Å²) in [5.74, 6) is 0.282. The van der Waals surface area contributed by atoms with Gasteiger partial charge in [-0.3, -0.25) is 4.79 Å². The molecule has 2 rings (SSSR count). The van der Waals surface area contributed by atoms with Crippen molar-refractivity contribution in [2.24, 2.45) is 5.92 Å². The summed E-state index contributed by atoms with van der Waals surface area (Å²) in [4.78, 5) is 10.9. The maximum atomic E-state index is 10.9. The maximum Gasteiger partial charge on any atom is 0.158 e. The fourth-order valence-corrected chi connectivity index (χ4v) is 2.44. The molecule has 0 aromatic heterocycles. The molecule has 0 saturated carbocycles. The zero-order valence-corrected chi connectivity index (χ0v) is 8.66. The maximum absolute atomic E-state index is 10.9. The molecule has 1 heterocycles. The molecule has 1 saturated heterocycles. The van der Waals surface area contributed by atoms with Gasteiger partial charge in [-0.1, -0.05) is 5.57 Å². The van der Waals surface area contributed by atoms with E-state index in [4.69, 9.17) is 9.47 Å². The summed E-state index contributed by atoms with van der Waals surface area (Å²) in [6.45, 7) is 4.64. The van der Waals surface area contributed by atoms with Gasteiger partial charge in [-0.15, -0.1) is 0 Å². The molecule has 0 aromatic rings. The van der Waals surface area contributed by atoms with Crippen LogP contribution in [0.3, 0.4) is 0 Å². The van der Waals surface area contributed by atoms with Crippen molar-refractivity contribution in [3.05, 3.63) is 11.1 Å². The molecule has 0 spiro atoms. The summed E-state index contributed by atoms with van der Waals surface area (Å²) in [5, 5.41) is 0. The van der Waals surface area contributed by atoms with Crippen molar-refractivity contribution in [2.75, 3.05) is 6.61 Å². The van der Waals surface area contributed by atoms with Gasteiger partial charge in [-0.05, 0) is 25.8 Å². The van der Waals surface area contributed by atoms with E-state index in [0.29, 0.717) is 6.61 Å². The quantitative estimate of drug-likeness (QED) is 0.644. The van der Waals surface area contributed by atoms with E-state index in [0.717, 1.165) is 24.7 Å². The smallest absolute Gasteiger partial charge is 0.158 e. The molecule has 78 valence electrons. The van der Waals surface area contributed by atoms with E-state index < -0.39 is 0 Å². The van der Waals surface area contributed by atoms with E-state index in [1.165, 1.54) is 5.57 Å². The molecule has 0 N–H and O–H groups in total. The van der Waals surface area contributed by atoms with Crippen LogP contribution in [0.25, 0.3) is 0 Å². The second kappa shape index (κ2) is 3.83. The number of carbonyl (C=O) groups excluding carboxylic acids is 1. The molecule has 3 atom stereocenters. The Hall–Kier alpha value is -0.670. The van der Waals surface area contributed by atoms with Gasteiger partial charge in [0.05, 0.1) is 6.10 Å². The first-order valence-electron chi connectivity index (χ1n) is 5.18. The van der Waals surface area contributed by atoms with Crippen LogP contribution in [0.4, 0.5) is 0 Å². The van der Waals surface area contributed by atoms with Gasteiger partial charge in [-0.2, -0.15) is 0 Å². The highest BCUT2D eigenvalue weighted by Crippen LogP contribution is 2.42. The van der Waals surface area contributed by atoms with E-state index in [-0.39, 0.29) is 18.3 Å². The molecule has 0 unspecified atom stereocenters. The number of ether oxygens (including phenoxy) is 2. The lowest BCUT2D eigenvalue weighted by Gasteiger charge is -2.11. The number of hydrogen-bond acceptors (Lipinski definition) is 3. The predicted molar refractivity (Wildman–Crippen MR) is 51.8 cm³/mol. The van der Waals surface area contributed by atoms with Crippen molar-refractivity contribution >= 4 is 6.29 Å². The van der Waals surface area contributed by atoms with E-state index in [1.54, 1.807) is 0 Å². The lowest BCUT2D eigenvalue weighted by molar-refractivity contribution is -0.129. The topological polar surface area (TPSA) is 35.5 Å². The van der Waals surface area contributed by atoms with Crippen LogP contribution in [0.15, 0.2) is 11.1 Å². The largest absolute Gasteiger partial charge is 0.353 e. The molecule has 1 aliphatic heterocycles. The van der Waals surface area contributed by atoms with Gasteiger partial charge in [0.1, 0.15) is 6.29 Å². The molecule has 0 amide bonds. The molecular formula is C11H16O3. The van der Waals surface area contributed by atoms with Crippen LogP contribution in [0, 0.1) is 5.92 Å². The van der Waals surface area contributed by atoms with Crippen molar-refractivity contribution in [3.63, 3.8) is 0 Å². The van der Waals surface area contributed by atoms with Crippen LogP contribution >= 0.6 is 0 Å². The third-order valence-corrected chi connectivity index (χ3v) is 3.10. The second-order valence-electron chi connectivity index (χ2n) is 3.96. The summed E-state index contributed by atoms with van der Waals surface area (Å²) in [5.41, 5.74) is 2.13. The first-order valence-corrected chi connectivity index (χ1v) is 5.18. The number of aldehydes is 1. The van der Waals surface area contributed by atoms with Gasteiger partial charge in [0, 0.05) is 18.9 Å². The Kier molecular flexibility index (Phi) is 2.70. The van der Waals surface area contributed by atoms with Crippen LogP contribution < -0.4 is 0 Å². The van der Waals surface area contributed by atoms with E-state index in [9.17, 15) is 4.79 Å².